The first-order valence-electron chi connectivity index (χ1n) is 6.00. The Labute approximate surface area is 117 Å². The maximum absolute atomic E-state index is 13.7. The van der Waals surface area contributed by atoms with Gasteiger partial charge in [0.1, 0.15) is 11.2 Å². The summed E-state index contributed by atoms with van der Waals surface area (Å²) >= 11 is 0. The average Bonchev–Trinajstić information content (AvgIpc) is 2.46. The second kappa shape index (κ2) is 4.82. The normalized spacial score (nSPS) is 10.7. The fourth-order valence-electron chi connectivity index (χ4n) is 2.05. The molecule has 0 aliphatic carbocycles. The molecule has 0 amide bonds. The molecule has 5 nitrogen and oxygen atoms in total. The third-order valence-corrected chi connectivity index (χ3v) is 2.99. The van der Waals surface area contributed by atoms with Crippen LogP contribution < -0.4 is 5.63 Å². The number of fused-ring (bicyclic) bond motifs is 1. The van der Waals surface area contributed by atoms with Crippen LogP contribution in [0.3, 0.4) is 0 Å². The molecule has 0 saturated heterocycles. The van der Waals surface area contributed by atoms with Gasteiger partial charge in [-0.3, -0.25) is 0 Å². The van der Waals surface area contributed by atoms with E-state index in [4.69, 9.17) is 9.52 Å². The third-order valence-electron chi connectivity index (χ3n) is 2.99. The number of carboxylic acids is 1. The zero-order chi connectivity index (χ0) is 15.0. The molecule has 2 aromatic carbocycles. The molecule has 1 aromatic heterocycles. The van der Waals surface area contributed by atoms with E-state index < -0.39 is 17.4 Å². The number of halogens is 1. The van der Waals surface area contributed by atoms with Crippen LogP contribution in [0.5, 0.6) is 0 Å². The number of benzene rings is 2. The second-order valence-corrected chi connectivity index (χ2v) is 4.29. The molecule has 0 aliphatic rings. The van der Waals surface area contributed by atoms with Crippen LogP contribution in [-0.2, 0) is 0 Å². The Morgan fingerprint density at radius 2 is 1.90 bits per heavy atom. The number of aromatic carboxylic acids is 1. The predicted molar refractivity (Wildman–Crippen MR) is 72.6 cm³/mol. The number of hydrogen-bond donors (Lipinski definition) is 1. The smallest absolute Gasteiger partial charge is 0.347 e. The third kappa shape index (κ3) is 2.16. The average molecular weight is 285 g/mol. The van der Waals surface area contributed by atoms with Crippen molar-refractivity contribution in [2.24, 2.45) is 0 Å². The molecule has 0 aliphatic heterocycles. The number of hydrogen-bond acceptors (Lipinski definition) is 4. The fraction of sp³-hybridized carbons (Fsp3) is 0. The van der Waals surface area contributed by atoms with Crippen molar-refractivity contribution in [2.75, 3.05) is 0 Å². The topological polar surface area (TPSA) is 80.4 Å². The zero-order valence-corrected chi connectivity index (χ0v) is 10.5. The lowest BCUT2D eigenvalue weighted by atomic mass is 10.1. The SMILES string of the molecule is O=C(O)c1cccc2nc(-c3ccccc3F)oc(=O)c12. The van der Waals surface area contributed by atoms with Gasteiger partial charge in [0.25, 0.3) is 0 Å². The minimum Gasteiger partial charge on any atom is -0.478 e. The van der Waals surface area contributed by atoms with E-state index in [1.807, 2.05) is 0 Å². The van der Waals surface area contributed by atoms with Crippen LogP contribution in [0.2, 0.25) is 0 Å². The molecule has 0 atom stereocenters. The monoisotopic (exact) mass is 285 g/mol. The van der Waals surface area contributed by atoms with E-state index >= 15 is 0 Å². The van der Waals surface area contributed by atoms with Crippen molar-refractivity contribution >= 4 is 16.9 Å². The van der Waals surface area contributed by atoms with Gasteiger partial charge in [0.05, 0.1) is 16.6 Å². The fourth-order valence-corrected chi connectivity index (χ4v) is 2.05. The summed E-state index contributed by atoms with van der Waals surface area (Å²) in [5.41, 5.74) is -0.883. The lowest BCUT2D eigenvalue weighted by Crippen LogP contribution is -2.09. The summed E-state index contributed by atoms with van der Waals surface area (Å²) in [6, 6.07) is 9.94. The highest BCUT2D eigenvalue weighted by molar-refractivity contribution is 6.02. The van der Waals surface area contributed by atoms with E-state index in [1.165, 1.54) is 36.4 Å². The summed E-state index contributed by atoms with van der Waals surface area (Å²) in [4.78, 5) is 27.2. The Bertz CT molecular complexity index is 917. The Morgan fingerprint density at radius 1 is 1.14 bits per heavy atom. The molecule has 1 heterocycles. The highest BCUT2D eigenvalue weighted by Gasteiger charge is 2.17. The van der Waals surface area contributed by atoms with Gasteiger partial charge < -0.3 is 9.52 Å². The molecular formula is C15H8FNO4. The van der Waals surface area contributed by atoms with Crippen LogP contribution in [0.25, 0.3) is 22.4 Å². The maximum Gasteiger partial charge on any atom is 0.347 e. The van der Waals surface area contributed by atoms with Crippen LogP contribution in [0.15, 0.2) is 51.7 Å². The lowest BCUT2D eigenvalue weighted by molar-refractivity contribution is 0.0698. The first kappa shape index (κ1) is 13.0. The lowest BCUT2D eigenvalue weighted by Gasteiger charge is -2.04. The van der Waals surface area contributed by atoms with Gasteiger partial charge in [-0.25, -0.2) is 19.0 Å². The Balaban J connectivity index is 2.34. The van der Waals surface area contributed by atoms with Gasteiger partial charge in [0.15, 0.2) is 0 Å². The zero-order valence-electron chi connectivity index (χ0n) is 10.5. The van der Waals surface area contributed by atoms with Crippen LogP contribution in [0.1, 0.15) is 10.4 Å². The number of carboxylic acid groups (broad SMARTS) is 1. The van der Waals surface area contributed by atoms with E-state index in [0.29, 0.717) is 0 Å². The van der Waals surface area contributed by atoms with Crippen LogP contribution in [0.4, 0.5) is 4.39 Å². The van der Waals surface area contributed by atoms with Gasteiger partial charge in [-0.1, -0.05) is 18.2 Å². The van der Waals surface area contributed by atoms with Crippen LogP contribution in [-0.4, -0.2) is 16.1 Å². The van der Waals surface area contributed by atoms with Gasteiger partial charge in [0, 0.05) is 0 Å². The molecule has 6 heteroatoms. The Hall–Kier alpha value is -3.02. The summed E-state index contributed by atoms with van der Waals surface area (Å²) < 4.78 is 18.7. The summed E-state index contributed by atoms with van der Waals surface area (Å²) in [5.74, 6) is -2.02. The van der Waals surface area contributed by atoms with E-state index in [1.54, 1.807) is 6.07 Å². The molecule has 104 valence electrons. The molecule has 3 aromatic rings. The quantitative estimate of drug-likeness (QED) is 0.783. The van der Waals surface area contributed by atoms with Crippen LogP contribution in [0, 0.1) is 5.82 Å². The molecule has 0 fully saturated rings. The van der Waals surface area contributed by atoms with Gasteiger partial charge in [-0.2, -0.15) is 0 Å². The highest BCUT2D eigenvalue weighted by atomic mass is 19.1. The molecule has 0 radical (unpaired) electrons. The van der Waals surface area contributed by atoms with E-state index in [2.05, 4.69) is 4.98 Å². The number of aromatic nitrogens is 1. The summed E-state index contributed by atoms with van der Waals surface area (Å²) in [5, 5.41) is 8.94. The highest BCUT2D eigenvalue weighted by Crippen LogP contribution is 2.22. The maximum atomic E-state index is 13.7. The molecule has 3 rings (SSSR count). The van der Waals surface area contributed by atoms with Crippen molar-refractivity contribution in [3.8, 4) is 11.5 Å². The van der Waals surface area contributed by atoms with Crippen molar-refractivity contribution in [3.05, 3.63) is 64.3 Å². The van der Waals surface area contributed by atoms with Crippen molar-refractivity contribution in [2.45, 2.75) is 0 Å². The molecule has 1 N–H and O–H groups in total. The Kier molecular flexibility index (Phi) is 2.98. The molecule has 0 bridgehead atoms. The van der Waals surface area contributed by atoms with Gasteiger partial charge in [-0.05, 0) is 24.3 Å². The summed E-state index contributed by atoms with van der Waals surface area (Å²) in [7, 11) is 0. The molecule has 0 spiro atoms. The minimum atomic E-state index is -1.26. The van der Waals surface area contributed by atoms with E-state index in [0.717, 1.165) is 0 Å². The largest absolute Gasteiger partial charge is 0.478 e. The molecule has 0 saturated carbocycles. The second-order valence-electron chi connectivity index (χ2n) is 4.29. The Morgan fingerprint density at radius 3 is 2.62 bits per heavy atom. The van der Waals surface area contributed by atoms with Crippen molar-refractivity contribution < 1.29 is 18.7 Å². The number of rotatable bonds is 2. The molecule has 21 heavy (non-hydrogen) atoms. The summed E-state index contributed by atoms with van der Waals surface area (Å²) in [6.45, 7) is 0. The molecular weight excluding hydrogens is 277 g/mol. The number of nitrogens with zero attached hydrogens (tertiary/aromatic N) is 1. The van der Waals surface area contributed by atoms with Gasteiger partial charge >= 0.3 is 11.6 Å². The van der Waals surface area contributed by atoms with E-state index in [-0.39, 0.29) is 27.9 Å². The predicted octanol–water partition coefficient (Wildman–Crippen LogP) is 2.69. The minimum absolute atomic E-state index is 0.0391. The van der Waals surface area contributed by atoms with Crippen molar-refractivity contribution in [1.29, 1.82) is 0 Å². The summed E-state index contributed by atoms with van der Waals surface area (Å²) in [6.07, 6.45) is 0. The van der Waals surface area contributed by atoms with Crippen molar-refractivity contribution in [3.63, 3.8) is 0 Å². The van der Waals surface area contributed by atoms with Gasteiger partial charge in [0.2, 0.25) is 5.89 Å². The first-order chi connectivity index (χ1) is 10.1. The van der Waals surface area contributed by atoms with Crippen LogP contribution >= 0.6 is 0 Å². The van der Waals surface area contributed by atoms with Crippen molar-refractivity contribution in [1.82, 2.24) is 4.98 Å². The standard InChI is InChI=1S/C15H8FNO4/c16-10-6-2-1-4-8(10)13-17-11-7-3-5-9(14(18)19)12(11)15(20)21-13/h1-7H,(H,18,19). The van der Waals surface area contributed by atoms with Gasteiger partial charge in [-0.15, -0.1) is 0 Å². The van der Waals surface area contributed by atoms with E-state index in [9.17, 15) is 14.0 Å². The number of carbonyl (C=O) groups is 1. The molecule has 0 unspecified atom stereocenters. The first-order valence-corrected chi connectivity index (χ1v) is 6.00.